The molecule has 0 atom stereocenters. The van der Waals surface area contributed by atoms with Crippen LogP contribution in [0.2, 0.25) is 0 Å². The van der Waals surface area contributed by atoms with Crippen LogP contribution in [0.4, 0.5) is 0 Å². The largest absolute Gasteiger partial charge is 0.487 e. The molecule has 0 saturated carbocycles. The van der Waals surface area contributed by atoms with Crippen molar-refractivity contribution in [2.75, 3.05) is 0 Å². The van der Waals surface area contributed by atoms with Crippen LogP contribution in [0.1, 0.15) is 16.7 Å². The highest BCUT2D eigenvalue weighted by Gasteiger charge is 2.07. The molecule has 0 amide bonds. The topological polar surface area (TPSA) is 33.0 Å². The fourth-order valence-corrected chi connectivity index (χ4v) is 2.10. The second-order valence-corrected chi connectivity index (χ2v) is 4.80. The van der Waals surface area contributed by atoms with Crippen molar-refractivity contribution in [2.24, 2.45) is 0 Å². The molecule has 2 nitrogen and oxygen atoms in total. The van der Waals surface area contributed by atoms with E-state index in [0.717, 1.165) is 15.6 Å². The molecule has 0 aromatic heterocycles. The summed E-state index contributed by atoms with van der Waals surface area (Å²) in [6, 6.07) is 15.6. The molecule has 3 heteroatoms. The summed E-state index contributed by atoms with van der Waals surface area (Å²) < 4.78 is 6.78. The maximum Gasteiger partial charge on any atom is 0.140 e. The molecule has 0 unspecified atom stereocenters. The summed E-state index contributed by atoms with van der Waals surface area (Å²) >= 11 is 3.48. The van der Waals surface area contributed by atoms with E-state index in [9.17, 15) is 0 Å². The minimum absolute atomic E-state index is 0.445. The highest BCUT2D eigenvalue weighted by atomic mass is 79.9. The van der Waals surface area contributed by atoms with E-state index < -0.39 is 0 Å². The van der Waals surface area contributed by atoms with E-state index in [1.807, 2.05) is 43.3 Å². The summed E-state index contributed by atoms with van der Waals surface area (Å²) in [4.78, 5) is 0. The molecule has 0 fully saturated rings. The minimum atomic E-state index is 0.445. The number of nitriles is 1. The number of halogens is 1. The van der Waals surface area contributed by atoms with Gasteiger partial charge >= 0.3 is 0 Å². The standard InChI is InChI=1S/C15H12BrNO/c1-11-5-4-7-12(9-17)15(11)18-10-13-6-2-3-8-14(13)16/h2-8H,10H2,1H3. The SMILES string of the molecule is Cc1cccc(C#N)c1OCc1ccccc1Br. The first kappa shape index (κ1) is 12.7. The molecule has 2 rings (SSSR count). The van der Waals surface area contributed by atoms with Crippen LogP contribution in [0, 0.1) is 18.3 Å². The molecule has 0 N–H and O–H groups in total. The van der Waals surface area contributed by atoms with Gasteiger partial charge in [0.15, 0.2) is 0 Å². The second kappa shape index (κ2) is 5.70. The van der Waals surface area contributed by atoms with E-state index in [1.54, 1.807) is 6.07 Å². The van der Waals surface area contributed by atoms with Crippen LogP contribution in [0.25, 0.3) is 0 Å². The predicted molar refractivity (Wildman–Crippen MR) is 74.4 cm³/mol. The van der Waals surface area contributed by atoms with E-state index in [4.69, 9.17) is 10.00 Å². The van der Waals surface area contributed by atoms with Crippen LogP contribution < -0.4 is 4.74 Å². The number of nitrogens with zero attached hydrogens (tertiary/aromatic N) is 1. The molecule has 2 aromatic carbocycles. The van der Waals surface area contributed by atoms with E-state index in [2.05, 4.69) is 22.0 Å². The van der Waals surface area contributed by atoms with E-state index >= 15 is 0 Å². The summed E-state index contributed by atoms with van der Waals surface area (Å²) in [5.74, 6) is 0.663. The summed E-state index contributed by atoms with van der Waals surface area (Å²) in [5.41, 5.74) is 2.60. The molecule has 0 heterocycles. The zero-order chi connectivity index (χ0) is 13.0. The van der Waals surface area contributed by atoms with Gasteiger partial charge in [0.25, 0.3) is 0 Å². The fraction of sp³-hybridized carbons (Fsp3) is 0.133. The van der Waals surface area contributed by atoms with E-state index in [-0.39, 0.29) is 0 Å². The van der Waals surface area contributed by atoms with Crippen molar-refractivity contribution in [2.45, 2.75) is 13.5 Å². The first-order valence-electron chi connectivity index (χ1n) is 5.58. The van der Waals surface area contributed by atoms with Crippen molar-refractivity contribution >= 4 is 15.9 Å². The Balaban J connectivity index is 2.22. The monoisotopic (exact) mass is 301 g/mol. The van der Waals surface area contributed by atoms with Gasteiger partial charge in [-0.1, -0.05) is 46.3 Å². The zero-order valence-electron chi connectivity index (χ0n) is 9.98. The quantitative estimate of drug-likeness (QED) is 0.851. The lowest BCUT2D eigenvalue weighted by molar-refractivity contribution is 0.302. The van der Waals surface area contributed by atoms with Crippen LogP contribution in [0.15, 0.2) is 46.9 Å². The highest BCUT2D eigenvalue weighted by molar-refractivity contribution is 9.10. The van der Waals surface area contributed by atoms with Gasteiger partial charge in [-0.25, -0.2) is 0 Å². The third kappa shape index (κ3) is 2.72. The molecular weight excluding hydrogens is 290 g/mol. The maximum absolute atomic E-state index is 9.06. The van der Waals surface area contributed by atoms with Gasteiger partial charge in [0.05, 0.1) is 5.56 Å². The Kier molecular flexibility index (Phi) is 4.01. The van der Waals surface area contributed by atoms with Gasteiger partial charge in [-0.05, 0) is 24.6 Å². The summed E-state index contributed by atoms with van der Waals surface area (Å²) in [5, 5.41) is 9.06. The molecule has 18 heavy (non-hydrogen) atoms. The number of aryl methyl sites for hydroxylation is 1. The van der Waals surface area contributed by atoms with Gasteiger partial charge in [-0.3, -0.25) is 0 Å². The molecule has 0 saturated heterocycles. The van der Waals surface area contributed by atoms with Crippen molar-refractivity contribution in [3.8, 4) is 11.8 Å². The average molecular weight is 302 g/mol. The highest BCUT2D eigenvalue weighted by Crippen LogP contribution is 2.25. The van der Waals surface area contributed by atoms with Gasteiger partial charge in [-0.2, -0.15) is 5.26 Å². The normalized spacial score (nSPS) is 9.83. The van der Waals surface area contributed by atoms with Crippen LogP contribution in [0.3, 0.4) is 0 Å². The van der Waals surface area contributed by atoms with Gasteiger partial charge in [0.1, 0.15) is 18.4 Å². The first-order chi connectivity index (χ1) is 8.72. The van der Waals surface area contributed by atoms with Gasteiger partial charge in [0.2, 0.25) is 0 Å². The Labute approximate surface area is 115 Å². The van der Waals surface area contributed by atoms with Crippen molar-refractivity contribution in [3.63, 3.8) is 0 Å². The number of para-hydroxylation sites is 1. The van der Waals surface area contributed by atoms with Crippen molar-refractivity contribution < 1.29 is 4.74 Å². The molecule has 0 radical (unpaired) electrons. The third-order valence-corrected chi connectivity index (χ3v) is 3.44. The lowest BCUT2D eigenvalue weighted by Crippen LogP contribution is -1.99. The number of benzene rings is 2. The van der Waals surface area contributed by atoms with Crippen LogP contribution in [-0.4, -0.2) is 0 Å². The number of hydrogen-bond acceptors (Lipinski definition) is 2. The molecule has 2 aromatic rings. The van der Waals surface area contributed by atoms with Crippen molar-refractivity contribution in [1.82, 2.24) is 0 Å². The zero-order valence-corrected chi connectivity index (χ0v) is 11.6. The lowest BCUT2D eigenvalue weighted by Gasteiger charge is -2.11. The Morgan fingerprint density at radius 1 is 1.17 bits per heavy atom. The lowest BCUT2D eigenvalue weighted by atomic mass is 10.1. The van der Waals surface area contributed by atoms with Gasteiger partial charge in [-0.15, -0.1) is 0 Å². The molecule has 0 aliphatic rings. The molecule has 90 valence electrons. The van der Waals surface area contributed by atoms with E-state index in [0.29, 0.717) is 17.9 Å². The summed E-state index contributed by atoms with van der Waals surface area (Å²) in [6.07, 6.45) is 0. The van der Waals surface area contributed by atoms with E-state index in [1.165, 1.54) is 0 Å². The molecular formula is C15H12BrNO. The summed E-state index contributed by atoms with van der Waals surface area (Å²) in [6.45, 7) is 2.39. The number of ether oxygens (including phenoxy) is 1. The molecule has 0 aliphatic heterocycles. The van der Waals surface area contributed by atoms with Crippen LogP contribution in [0.5, 0.6) is 5.75 Å². The smallest absolute Gasteiger partial charge is 0.140 e. The third-order valence-electron chi connectivity index (χ3n) is 2.66. The molecule has 0 spiro atoms. The maximum atomic E-state index is 9.06. The molecule has 0 aliphatic carbocycles. The molecule has 0 bridgehead atoms. The number of hydrogen-bond donors (Lipinski definition) is 0. The fourth-order valence-electron chi connectivity index (χ4n) is 1.70. The van der Waals surface area contributed by atoms with Crippen LogP contribution in [-0.2, 0) is 6.61 Å². The number of rotatable bonds is 3. The summed E-state index contributed by atoms with van der Waals surface area (Å²) in [7, 11) is 0. The van der Waals surface area contributed by atoms with Crippen molar-refractivity contribution in [3.05, 3.63) is 63.6 Å². The Morgan fingerprint density at radius 3 is 2.67 bits per heavy atom. The Hall–Kier alpha value is -1.79. The van der Waals surface area contributed by atoms with Crippen LogP contribution >= 0.6 is 15.9 Å². The minimum Gasteiger partial charge on any atom is -0.487 e. The van der Waals surface area contributed by atoms with Crippen molar-refractivity contribution in [1.29, 1.82) is 5.26 Å². The first-order valence-corrected chi connectivity index (χ1v) is 6.37. The van der Waals surface area contributed by atoms with Gasteiger partial charge in [0, 0.05) is 10.0 Å². The second-order valence-electron chi connectivity index (χ2n) is 3.94. The average Bonchev–Trinajstić information content (AvgIpc) is 2.39. The predicted octanol–water partition coefficient (Wildman–Crippen LogP) is 4.21. The Morgan fingerprint density at radius 2 is 1.94 bits per heavy atom. The van der Waals surface area contributed by atoms with Gasteiger partial charge < -0.3 is 4.74 Å². The Bertz CT molecular complexity index is 602.